The molecule has 2 aliphatic heterocycles. The Morgan fingerprint density at radius 2 is 2.11 bits per heavy atom. The van der Waals surface area contributed by atoms with Crippen LogP contribution in [0.3, 0.4) is 0 Å². The second-order valence-electron chi connectivity index (χ2n) is 10.7. The molecule has 4 aliphatic rings. The Hall–Kier alpha value is -3.30. The Morgan fingerprint density at radius 1 is 1.30 bits per heavy atom. The predicted molar refractivity (Wildman–Crippen MR) is 134 cm³/mol. The Morgan fingerprint density at radius 3 is 2.81 bits per heavy atom. The lowest BCUT2D eigenvalue weighted by Crippen LogP contribution is -2.57. The van der Waals surface area contributed by atoms with Crippen LogP contribution < -0.4 is 14.8 Å². The Balaban J connectivity index is 1.34. The summed E-state index contributed by atoms with van der Waals surface area (Å²) < 4.78 is 25.3. The maximum Gasteiger partial charge on any atom is 0.257 e. The molecule has 1 amide bonds. The molecule has 1 saturated heterocycles. The van der Waals surface area contributed by atoms with Crippen LogP contribution >= 0.6 is 0 Å². The maximum atomic E-state index is 14.1. The van der Waals surface area contributed by atoms with E-state index >= 15 is 0 Å². The molecule has 1 spiro atoms. The molecule has 0 radical (unpaired) electrons. The fraction of sp³-hybridized carbons (Fsp3) is 0.464. The van der Waals surface area contributed by atoms with Gasteiger partial charge in [-0.3, -0.25) is 9.69 Å². The summed E-state index contributed by atoms with van der Waals surface area (Å²) in [6.07, 6.45) is 3.87. The van der Waals surface area contributed by atoms with Crippen LogP contribution in [0.25, 0.3) is 0 Å². The minimum Gasteiger partial charge on any atom is -0.508 e. The molecule has 0 aromatic heterocycles. The van der Waals surface area contributed by atoms with Crippen LogP contribution in [-0.2, 0) is 16.6 Å². The summed E-state index contributed by atoms with van der Waals surface area (Å²) in [5.41, 5.74) is 1.27. The van der Waals surface area contributed by atoms with E-state index in [-0.39, 0.29) is 34.6 Å². The molecular formula is C28H31FN2O6. The highest BCUT2D eigenvalue weighted by molar-refractivity contribution is 6.04. The van der Waals surface area contributed by atoms with E-state index in [1.165, 1.54) is 32.1 Å². The zero-order valence-corrected chi connectivity index (χ0v) is 20.7. The quantitative estimate of drug-likeness (QED) is 0.334. The van der Waals surface area contributed by atoms with Crippen LogP contribution in [-0.4, -0.2) is 65.1 Å². The largest absolute Gasteiger partial charge is 0.508 e. The summed E-state index contributed by atoms with van der Waals surface area (Å²) in [7, 11) is 1.34. The van der Waals surface area contributed by atoms with Crippen LogP contribution in [0.2, 0.25) is 0 Å². The number of piperidine rings is 1. The lowest BCUT2D eigenvalue weighted by Gasteiger charge is -2.50. The Kier molecular flexibility index (Phi) is 5.80. The smallest absolute Gasteiger partial charge is 0.257 e. The summed E-state index contributed by atoms with van der Waals surface area (Å²) in [4.78, 5) is 15.7. The summed E-state index contributed by atoms with van der Waals surface area (Å²) in [6.45, 7) is 1.16. The van der Waals surface area contributed by atoms with Crippen LogP contribution in [0.4, 0.5) is 10.1 Å². The lowest BCUT2D eigenvalue weighted by atomic mass is 9.61. The van der Waals surface area contributed by atoms with Crippen molar-refractivity contribution in [1.82, 2.24) is 4.90 Å². The van der Waals surface area contributed by atoms with Gasteiger partial charge < -0.3 is 30.1 Å². The van der Waals surface area contributed by atoms with Gasteiger partial charge in [-0.15, -0.1) is 0 Å². The monoisotopic (exact) mass is 510 g/mol. The number of phenolic OH excluding ortho intramolecular Hbond substituents is 1. The molecule has 8 nitrogen and oxygen atoms in total. The number of fused-ring (bicyclic) bond motifs is 1. The molecule has 1 saturated carbocycles. The zero-order valence-electron chi connectivity index (χ0n) is 20.7. The van der Waals surface area contributed by atoms with Crippen molar-refractivity contribution >= 4 is 11.6 Å². The number of phenols is 1. The number of hydrogen-bond donors (Lipinski definition) is 4. The summed E-state index contributed by atoms with van der Waals surface area (Å²) >= 11 is 0. The first kappa shape index (κ1) is 24.1. The predicted octanol–water partition coefficient (Wildman–Crippen LogP) is 3.41. The number of ether oxygens (including phenoxy) is 2. The number of carbonyl (C=O) groups excluding carboxylic acids is 1. The molecule has 4 N–H and O–H groups in total. The van der Waals surface area contributed by atoms with Gasteiger partial charge in [0.2, 0.25) is 0 Å². The van der Waals surface area contributed by atoms with Crippen molar-refractivity contribution in [1.29, 1.82) is 0 Å². The molecule has 3 atom stereocenters. The number of methoxy groups -OCH3 is 1. The molecule has 0 unspecified atom stereocenters. The molecule has 37 heavy (non-hydrogen) atoms. The Bertz CT molecular complexity index is 1290. The molecule has 2 aliphatic carbocycles. The summed E-state index contributed by atoms with van der Waals surface area (Å²) in [5, 5.41) is 34.7. The van der Waals surface area contributed by atoms with Gasteiger partial charge in [-0.05, 0) is 68.3 Å². The summed E-state index contributed by atoms with van der Waals surface area (Å²) in [6, 6.07) is 7.78. The highest BCUT2D eigenvalue weighted by atomic mass is 19.1. The molecule has 2 bridgehead atoms. The normalized spacial score (nSPS) is 26.7. The van der Waals surface area contributed by atoms with Crippen LogP contribution in [0.1, 0.15) is 36.8 Å². The topological polar surface area (TPSA) is 111 Å². The minimum absolute atomic E-state index is 0.00371. The fourth-order valence-corrected chi connectivity index (χ4v) is 6.48. The van der Waals surface area contributed by atoms with Gasteiger partial charge in [0.15, 0.2) is 29.2 Å². The van der Waals surface area contributed by atoms with E-state index in [0.29, 0.717) is 12.2 Å². The van der Waals surface area contributed by atoms with Crippen molar-refractivity contribution in [2.24, 2.45) is 5.92 Å². The molecule has 2 heterocycles. The first-order valence-electron chi connectivity index (χ1n) is 12.8. The van der Waals surface area contributed by atoms with Gasteiger partial charge in [0.25, 0.3) is 5.91 Å². The third-order valence-corrected chi connectivity index (χ3v) is 8.46. The van der Waals surface area contributed by atoms with Crippen molar-refractivity contribution in [3.63, 3.8) is 0 Å². The lowest BCUT2D eigenvalue weighted by molar-refractivity contribution is -0.113. The average Bonchev–Trinajstić information content (AvgIpc) is 3.64. The number of likely N-dealkylation sites (tertiary alicyclic amines) is 1. The number of rotatable bonds is 7. The molecule has 196 valence electrons. The van der Waals surface area contributed by atoms with Crippen molar-refractivity contribution in [2.45, 2.75) is 49.7 Å². The molecule has 9 heteroatoms. The van der Waals surface area contributed by atoms with E-state index in [1.807, 2.05) is 6.07 Å². The highest BCUT2D eigenvalue weighted by Crippen LogP contribution is 2.59. The van der Waals surface area contributed by atoms with Gasteiger partial charge in [-0.2, -0.15) is 0 Å². The number of anilines is 1. The molecule has 2 fully saturated rings. The highest BCUT2D eigenvalue weighted by Gasteiger charge is 2.59. The van der Waals surface area contributed by atoms with E-state index < -0.39 is 29.9 Å². The number of amides is 1. The third-order valence-electron chi connectivity index (χ3n) is 8.46. The SMILES string of the molecule is COc1ccc(NC(=O)/C(CO)=C(\O)[C@@H]2Oc3c(O)ccc4c3[C@@]23CCN(CC2CC2)[C@H](C4)C3)cc1F. The number of aromatic hydroxyl groups is 1. The van der Waals surface area contributed by atoms with Crippen LogP contribution in [0.15, 0.2) is 41.7 Å². The number of aliphatic hydroxyl groups is 2. The number of hydrogen-bond acceptors (Lipinski definition) is 7. The molecule has 6 rings (SSSR count). The second kappa shape index (κ2) is 8.92. The second-order valence-corrected chi connectivity index (χ2v) is 10.7. The molecule has 2 aromatic rings. The maximum absolute atomic E-state index is 14.1. The van der Waals surface area contributed by atoms with E-state index in [4.69, 9.17) is 9.47 Å². The van der Waals surface area contributed by atoms with Crippen molar-refractivity contribution in [2.75, 3.05) is 32.1 Å². The zero-order chi connectivity index (χ0) is 25.9. The van der Waals surface area contributed by atoms with Gasteiger partial charge in [0.05, 0.1) is 19.3 Å². The van der Waals surface area contributed by atoms with Crippen LogP contribution in [0, 0.1) is 11.7 Å². The molecular weight excluding hydrogens is 479 g/mol. The van der Waals surface area contributed by atoms with Gasteiger partial charge >= 0.3 is 0 Å². The van der Waals surface area contributed by atoms with Crippen molar-refractivity contribution in [3.05, 3.63) is 58.6 Å². The Labute approximate surface area is 214 Å². The van der Waals surface area contributed by atoms with E-state index in [2.05, 4.69) is 10.2 Å². The van der Waals surface area contributed by atoms with Crippen molar-refractivity contribution < 1.29 is 34.0 Å². The van der Waals surface area contributed by atoms with Gasteiger partial charge in [0.1, 0.15) is 5.76 Å². The summed E-state index contributed by atoms with van der Waals surface area (Å²) in [5.74, 6) is -0.654. The van der Waals surface area contributed by atoms with E-state index in [0.717, 1.165) is 49.0 Å². The molecule has 2 aromatic carbocycles. The van der Waals surface area contributed by atoms with E-state index in [1.54, 1.807) is 6.07 Å². The fourth-order valence-electron chi connectivity index (χ4n) is 6.48. The number of aliphatic hydroxyl groups excluding tert-OH is 2. The first-order valence-corrected chi connectivity index (χ1v) is 12.8. The number of nitrogens with zero attached hydrogens (tertiary/aromatic N) is 1. The number of nitrogens with one attached hydrogen (secondary N) is 1. The first-order chi connectivity index (χ1) is 17.8. The minimum atomic E-state index is -0.930. The van der Waals surface area contributed by atoms with E-state index in [9.17, 15) is 24.5 Å². The van der Waals surface area contributed by atoms with Gasteiger partial charge in [-0.25, -0.2) is 4.39 Å². The number of carbonyl (C=O) groups is 1. The number of benzene rings is 2. The van der Waals surface area contributed by atoms with Crippen LogP contribution in [0.5, 0.6) is 17.2 Å². The standard InChI is InChI=1S/C28H31FN2O6/c1-36-22-7-5-17(11-20(22)29)30-27(35)19(14-32)24(34)26-28-8-9-31(13-15-2-3-15)18(12-28)10-16-4-6-21(33)25(37-26)23(16)28/h4-7,11,15,18,26,32-34H,2-3,8-10,12-14H2,1H3,(H,30,35)/b24-19-/t18-,26+,28+/m1/s1. The van der Waals surface area contributed by atoms with Gasteiger partial charge in [0, 0.05) is 35.3 Å². The third kappa shape index (κ3) is 3.92. The average molecular weight is 511 g/mol. The number of halogens is 1. The van der Waals surface area contributed by atoms with Gasteiger partial charge in [-0.1, -0.05) is 6.07 Å². The van der Waals surface area contributed by atoms with Crippen molar-refractivity contribution in [3.8, 4) is 17.2 Å².